The Morgan fingerprint density at radius 3 is 2.55 bits per heavy atom. The molecule has 0 unspecified atom stereocenters. The fraction of sp³-hybridized carbons (Fsp3) is 0.867. The van der Waals surface area contributed by atoms with Gasteiger partial charge >= 0.3 is 12.0 Å². The van der Waals surface area contributed by atoms with Gasteiger partial charge in [-0.05, 0) is 37.5 Å². The number of amides is 2. The molecule has 20 heavy (non-hydrogen) atoms. The van der Waals surface area contributed by atoms with Crippen LogP contribution in [0.5, 0.6) is 0 Å². The molecular formula is C15H26N2O3. The lowest BCUT2D eigenvalue weighted by Gasteiger charge is -2.32. The zero-order chi connectivity index (χ0) is 14.5. The molecule has 5 heteroatoms. The summed E-state index contributed by atoms with van der Waals surface area (Å²) in [7, 11) is 0. The third-order valence-electron chi connectivity index (χ3n) is 4.74. The third-order valence-corrected chi connectivity index (χ3v) is 4.74. The van der Waals surface area contributed by atoms with Crippen LogP contribution in [0, 0.1) is 17.8 Å². The molecule has 1 saturated heterocycles. The highest BCUT2D eigenvalue weighted by Crippen LogP contribution is 2.27. The van der Waals surface area contributed by atoms with Crippen molar-refractivity contribution in [2.24, 2.45) is 17.8 Å². The molecular weight excluding hydrogens is 256 g/mol. The lowest BCUT2D eigenvalue weighted by molar-refractivity contribution is -0.143. The second kappa shape index (κ2) is 6.95. The van der Waals surface area contributed by atoms with E-state index in [0.29, 0.717) is 25.4 Å². The first-order valence-electron chi connectivity index (χ1n) is 7.82. The van der Waals surface area contributed by atoms with Crippen LogP contribution in [-0.2, 0) is 4.79 Å². The van der Waals surface area contributed by atoms with Crippen LogP contribution in [0.25, 0.3) is 0 Å². The number of carbonyl (C=O) groups is 2. The maximum Gasteiger partial charge on any atom is 0.317 e. The van der Waals surface area contributed by atoms with Gasteiger partial charge in [0.2, 0.25) is 0 Å². The Bertz CT molecular complexity index is 351. The average molecular weight is 282 g/mol. The molecule has 1 aliphatic carbocycles. The quantitative estimate of drug-likeness (QED) is 0.834. The normalized spacial score (nSPS) is 30.9. The number of urea groups is 1. The minimum absolute atomic E-state index is 0.0884. The lowest BCUT2D eigenvalue weighted by atomic mass is 9.83. The number of hydrogen-bond donors (Lipinski definition) is 2. The number of hydrogen-bond acceptors (Lipinski definition) is 2. The molecule has 0 radical (unpaired) electrons. The largest absolute Gasteiger partial charge is 0.481 e. The van der Waals surface area contributed by atoms with Gasteiger partial charge in [-0.2, -0.15) is 0 Å². The van der Waals surface area contributed by atoms with Crippen molar-refractivity contribution in [1.82, 2.24) is 10.2 Å². The highest BCUT2D eigenvalue weighted by molar-refractivity contribution is 5.76. The van der Waals surface area contributed by atoms with Crippen molar-refractivity contribution in [3.8, 4) is 0 Å². The van der Waals surface area contributed by atoms with E-state index in [0.717, 1.165) is 18.9 Å². The van der Waals surface area contributed by atoms with Crippen molar-refractivity contribution in [3.63, 3.8) is 0 Å². The van der Waals surface area contributed by atoms with Crippen molar-refractivity contribution >= 4 is 12.0 Å². The van der Waals surface area contributed by atoms with Gasteiger partial charge in [-0.15, -0.1) is 0 Å². The number of piperidine rings is 1. The lowest BCUT2D eigenvalue weighted by Crippen LogP contribution is -2.48. The standard InChI is InChI=1S/C15H26N2O3/c1-11-4-6-12(7-5-11)9-16-15(20)17-8-2-3-13(10-17)14(18)19/h11-13H,2-10H2,1H3,(H,16,20)(H,18,19)/t11?,12?,13-/m0/s1. The van der Waals surface area contributed by atoms with Gasteiger partial charge in [-0.3, -0.25) is 4.79 Å². The third kappa shape index (κ3) is 4.12. The Morgan fingerprint density at radius 2 is 1.90 bits per heavy atom. The van der Waals surface area contributed by atoms with Crippen molar-refractivity contribution in [3.05, 3.63) is 0 Å². The zero-order valence-corrected chi connectivity index (χ0v) is 12.3. The van der Waals surface area contributed by atoms with Gasteiger partial charge in [-0.25, -0.2) is 4.79 Å². The summed E-state index contributed by atoms with van der Waals surface area (Å²) in [5.41, 5.74) is 0. The summed E-state index contributed by atoms with van der Waals surface area (Å²) in [5.74, 6) is 0.226. The van der Waals surface area contributed by atoms with E-state index in [9.17, 15) is 9.59 Å². The number of carboxylic acid groups (broad SMARTS) is 1. The first-order chi connectivity index (χ1) is 9.56. The van der Waals surface area contributed by atoms with Crippen LogP contribution in [0.3, 0.4) is 0 Å². The Labute approximate surface area is 120 Å². The van der Waals surface area contributed by atoms with E-state index < -0.39 is 11.9 Å². The number of rotatable bonds is 3. The summed E-state index contributed by atoms with van der Waals surface area (Å²) in [4.78, 5) is 24.8. The molecule has 1 aliphatic heterocycles. The maximum atomic E-state index is 12.1. The van der Waals surface area contributed by atoms with Gasteiger partial charge in [0.1, 0.15) is 0 Å². The van der Waals surface area contributed by atoms with Crippen LogP contribution in [0.15, 0.2) is 0 Å². The van der Waals surface area contributed by atoms with E-state index in [1.807, 2.05) is 0 Å². The maximum absolute atomic E-state index is 12.1. The van der Waals surface area contributed by atoms with Gasteiger partial charge in [0.15, 0.2) is 0 Å². The Balaban J connectivity index is 1.73. The topological polar surface area (TPSA) is 69.6 Å². The second-order valence-corrected chi connectivity index (χ2v) is 6.44. The summed E-state index contributed by atoms with van der Waals surface area (Å²) in [6.45, 7) is 4.05. The summed E-state index contributed by atoms with van der Waals surface area (Å²) < 4.78 is 0. The van der Waals surface area contributed by atoms with E-state index >= 15 is 0 Å². The molecule has 1 heterocycles. The number of carboxylic acids is 1. The molecule has 0 aromatic carbocycles. The van der Waals surface area contributed by atoms with Crippen LogP contribution in [0.4, 0.5) is 4.79 Å². The number of carbonyl (C=O) groups excluding carboxylic acids is 1. The fourth-order valence-electron chi connectivity index (χ4n) is 3.24. The van der Waals surface area contributed by atoms with Crippen LogP contribution in [0.2, 0.25) is 0 Å². The van der Waals surface area contributed by atoms with E-state index in [1.165, 1.54) is 25.7 Å². The molecule has 2 amide bonds. The predicted octanol–water partition coefficient (Wildman–Crippen LogP) is 2.32. The predicted molar refractivity (Wildman–Crippen MR) is 76.5 cm³/mol. The van der Waals surface area contributed by atoms with E-state index in [2.05, 4.69) is 12.2 Å². The van der Waals surface area contributed by atoms with Crippen molar-refractivity contribution in [2.45, 2.75) is 45.4 Å². The molecule has 114 valence electrons. The highest BCUT2D eigenvalue weighted by Gasteiger charge is 2.28. The Hall–Kier alpha value is -1.26. The van der Waals surface area contributed by atoms with Crippen LogP contribution >= 0.6 is 0 Å². The molecule has 2 rings (SSSR count). The minimum Gasteiger partial charge on any atom is -0.481 e. The first kappa shape index (κ1) is 15.1. The van der Waals surface area contributed by atoms with Gasteiger partial charge in [-0.1, -0.05) is 19.8 Å². The van der Waals surface area contributed by atoms with Crippen molar-refractivity contribution < 1.29 is 14.7 Å². The molecule has 2 N–H and O–H groups in total. The monoisotopic (exact) mass is 282 g/mol. The summed E-state index contributed by atoms with van der Waals surface area (Å²) >= 11 is 0. The summed E-state index contributed by atoms with van der Waals surface area (Å²) in [6, 6.07) is -0.0884. The Morgan fingerprint density at radius 1 is 1.20 bits per heavy atom. The molecule has 1 saturated carbocycles. The molecule has 2 fully saturated rings. The number of likely N-dealkylation sites (tertiary alicyclic amines) is 1. The Kier molecular flexibility index (Phi) is 5.26. The minimum atomic E-state index is -0.788. The van der Waals surface area contributed by atoms with Gasteiger partial charge < -0.3 is 15.3 Å². The highest BCUT2D eigenvalue weighted by atomic mass is 16.4. The fourth-order valence-corrected chi connectivity index (χ4v) is 3.24. The molecule has 0 spiro atoms. The van der Waals surface area contributed by atoms with Gasteiger partial charge in [0.05, 0.1) is 5.92 Å². The molecule has 0 aromatic heterocycles. The number of aliphatic carboxylic acids is 1. The van der Waals surface area contributed by atoms with E-state index in [-0.39, 0.29) is 6.03 Å². The first-order valence-corrected chi connectivity index (χ1v) is 7.82. The number of nitrogens with zero attached hydrogens (tertiary/aromatic N) is 1. The summed E-state index contributed by atoms with van der Waals surface area (Å²) in [6.07, 6.45) is 6.36. The zero-order valence-electron chi connectivity index (χ0n) is 12.3. The van der Waals surface area contributed by atoms with E-state index in [1.54, 1.807) is 4.90 Å². The average Bonchev–Trinajstić information content (AvgIpc) is 2.46. The molecule has 2 aliphatic rings. The van der Waals surface area contributed by atoms with Gasteiger partial charge in [0.25, 0.3) is 0 Å². The smallest absolute Gasteiger partial charge is 0.317 e. The van der Waals surface area contributed by atoms with Crippen molar-refractivity contribution in [1.29, 1.82) is 0 Å². The van der Waals surface area contributed by atoms with Crippen molar-refractivity contribution in [2.75, 3.05) is 19.6 Å². The molecule has 0 bridgehead atoms. The molecule has 5 nitrogen and oxygen atoms in total. The summed E-state index contributed by atoms with van der Waals surface area (Å²) in [5, 5.41) is 12.0. The van der Waals surface area contributed by atoms with Crippen LogP contribution in [0.1, 0.15) is 45.4 Å². The number of nitrogens with one attached hydrogen (secondary N) is 1. The van der Waals surface area contributed by atoms with Gasteiger partial charge in [0, 0.05) is 19.6 Å². The molecule has 0 aromatic rings. The molecule has 1 atom stereocenters. The van der Waals surface area contributed by atoms with Crippen LogP contribution < -0.4 is 5.32 Å². The second-order valence-electron chi connectivity index (χ2n) is 6.44. The SMILES string of the molecule is CC1CCC(CNC(=O)N2CCC[C@H](C(=O)O)C2)CC1. The van der Waals surface area contributed by atoms with Crippen LogP contribution in [-0.4, -0.2) is 41.6 Å². The van der Waals surface area contributed by atoms with E-state index in [4.69, 9.17) is 5.11 Å².